The van der Waals surface area contributed by atoms with Gasteiger partial charge in [-0.3, -0.25) is 0 Å². The summed E-state index contributed by atoms with van der Waals surface area (Å²) >= 11 is 0. The van der Waals surface area contributed by atoms with E-state index in [2.05, 4.69) is 269 Å². The van der Waals surface area contributed by atoms with E-state index in [9.17, 15) is 0 Å². The summed E-state index contributed by atoms with van der Waals surface area (Å²) in [6.45, 7) is 9.25. The number of fused-ring (bicyclic) bond motifs is 16. The highest BCUT2D eigenvalue weighted by Gasteiger charge is 2.53. The van der Waals surface area contributed by atoms with Crippen LogP contribution in [-0.4, -0.2) is 0 Å². The molecule has 0 saturated carbocycles. The molecule has 3 aliphatic rings. The number of allylic oxidation sites excluding steroid dienone is 4. The van der Waals surface area contributed by atoms with Gasteiger partial charge in [0.05, 0.1) is 5.41 Å². The Kier molecular flexibility index (Phi) is 9.72. The second kappa shape index (κ2) is 16.7. The van der Waals surface area contributed by atoms with Gasteiger partial charge in [-0.25, -0.2) is 0 Å². The van der Waals surface area contributed by atoms with Crippen molar-refractivity contribution in [3.05, 3.63) is 287 Å². The average Bonchev–Trinajstić information content (AvgIpc) is 4.24. The van der Waals surface area contributed by atoms with Crippen LogP contribution in [0.1, 0.15) is 72.6 Å². The van der Waals surface area contributed by atoms with Crippen molar-refractivity contribution in [3.8, 4) is 33.8 Å². The third-order valence-electron chi connectivity index (χ3n) is 17.2. The van der Waals surface area contributed by atoms with Gasteiger partial charge in [-0.1, -0.05) is 221 Å². The third-order valence-corrected chi connectivity index (χ3v) is 17.2. The molecule has 1 atom stereocenters. The molecule has 0 saturated heterocycles. The predicted octanol–water partition coefficient (Wildman–Crippen LogP) is 19.9. The summed E-state index contributed by atoms with van der Waals surface area (Å²) in [5.74, 6) is 1.88. The zero-order valence-electron chi connectivity index (χ0n) is 42.9. The lowest BCUT2D eigenvalue weighted by Gasteiger charge is -2.41. The average molecular weight is 976 g/mol. The molecule has 2 aliphatic carbocycles. The van der Waals surface area contributed by atoms with Crippen LogP contribution in [0.25, 0.3) is 71.3 Å². The van der Waals surface area contributed by atoms with Crippen LogP contribution in [0.3, 0.4) is 0 Å². The van der Waals surface area contributed by atoms with Crippen molar-refractivity contribution in [3.63, 3.8) is 0 Å². The molecule has 0 N–H and O–H groups in total. The van der Waals surface area contributed by atoms with Gasteiger partial charge in [0.2, 0.25) is 0 Å². The maximum absolute atomic E-state index is 7.27. The van der Waals surface area contributed by atoms with Crippen molar-refractivity contribution in [1.29, 1.82) is 0 Å². The molecule has 1 aromatic heterocycles. The monoisotopic (exact) mass is 975 g/mol. The van der Waals surface area contributed by atoms with Gasteiger partial charge in [0.1, 0.15) is 22.7 Å². The fourth-order valence-corrected chi connectivity index (χ4v) is 13.6. The van der Waals surface area contributed by atoms with Gasteiger partial charge in [0.15, 0.2) is 0 Å². The zero-order chi connectivity index (χ0) is 50.9. The second-order valence-electron chi connectivity index (χ2n) is 21.4. The first-order valence-corrected chi connectivity index (χ1v) is 26.7. The smallest absolute Gasteiger partial charge is 0.143 e. The molecular weight excluding hydrogens is 923 g/mol. The lowest BCUT2D eigenvalue weighted by molar-refractivity contribution is 0.446. The van der Waals surface area contributed by atoms with E-state index in [0.29, 0.717) is 0 Å². The van der Waals surface area contributed by atoms with Crippen LogP contribution in [-0.2, 0) is 10.8 Å². The van der Waals surface area contributed by atoms with Gasteiger partial charge in [-0.2, -0.15) is 0 Å². The van der Waals surface area contributed by atoms with E-state index in [1.165, 1.54) is 61.2 Å². The van der Waals surface area contributed by atoms with Crippen LogP contribution >= 0.6 is 0 Å². The number of hydrogen-bond donors (Lipinski definition) is 0. The Morgan fingerprint density at radius 3 is 1.68 bits per heavy atom. The summed E-state index contributed by atoms with van der Waals surface area (Å²) in [6, 6.07) is 84.8. The molecule has 3 nitrogen and oxygen atoms in total. The lowest BCUT2D eigenvalue weighted by Crippen LogP contribution is -2.33. The van der Waals surface area contributed by atoms with Crippen LogP contribution in [0.2, 0.25) is 0 Å². The summed E-state index contributed by atoms with van der Waals surface area (Å²) in [4.78, 5) is 2.42. The highest BCUT2D eigenvalue weighted by atomic mass is 16.5. The zero-order valence-corrected chi connectivity index (χ0v) is 42.9. The quantitative estimate of drug-likeness (QED) is 0.159. The Bertz CT molecular complexity index is 4350. The molecule has 0 bridgehead atoms. The molecule has 2 heterocycles. The first kappa shape index (κ1) is 44.3. The van der Waals surface area contributed by atoms with Crippen molar-refractivity contribution < 1.29 is 9.15 Å². The maximum Gasteiger partial charge on any atom is 0.143 e. The summed E-state index contributed by atoms with van der Waals surface area (Å²) in [7, 11) is 0. The fourth-order valence-electron chi connectivity index (χ4n) is 13.6. The molecule has 1 aliphatic heterocycles. The SMILES string of the molecule is C/C=C\C1=C(C(C)c2ccc(N(c3ccc(-c4cccc5c4oc4ccccc45)cc3)c3ccc4c(c3)-c3ccccc3C4(C)C)cc2)c2ccccc2C12c1ccc3ccccc3c1Oc1c2ccc2ccccc12. The molecule has 0 amide bonds. The lowest BCUT2D eigenvalue weighted by atomic mass is 9.64. The molecule has 362 valence electrons. The minimum atomic E-state index is -0.636. The summed E-state index contributed by atoms with van der Waals surface area (Å²) in [5.41, 5.74) is 20.6. The topological polar surface area (TPSA) is 25.6 Å². The van der Waals surface area contributed by atoms with Gasteiger partial charge in [0, 0.05) is 66.6 Å². The Labute approximate surface area is 443 Å². The van der Waals surface area contributed by atoms with E-state index in [0.717, 1.165) is 83.2 Å². The van der Waals surface area contributed by atoms with E-state index in [4.69, 9.17) is 9.15 Å². The molecule has 1 unspecified atom stereocenters. The van der Waals surface area contributed by atoms with Gasteiger partial charge >= 0.3 is 0 Å². The molecule has 3 heteroatoms. The third kappa shape index (κ3) is 6.23. The number of hydrogen-bond acceptors (Lipinski definition) is 3. The molecular formula is C73H53NO2. The van der Waals surface area contributed by atoms with Crippen molar-refractivity contribution >= 4 is 66.1 Å². The number of anilines is 3. The minimum absolute atomic E-state index is 0.0313. The summed E-state index contributed by atoms with van der Waals surface area (Å²) < 4.78 is 13.8. The largest absolute Gasteiger partial charge is 0.455 e. The molecule has 15 rings (SSSR count). The molecule has 0 radical (unpaired) electrons. The first-order chi connectivity index (χ1) is 37.3. The van der Waals surface area contributed by atoms with Crippen molar-refractivity contribution in [2.75, 3.05) is 4.90 Å². The Morgan fingerprint density at radius 1 is 0.447 bits per heavy atom. The summed E-state index contributed by atoms with van der Waals surface area (Å²) in [6.07, 6.45) is 4.61. The number of furan rings is 1. The predicted molar refractivity (Wildman–Crippen MR) is 316 cm³/mol. The van der Waals surface area contributed by atoms with Gasteiger partial charge in [-0.15, -0.1) is 0 Å². The van der Waals surface area contributed by atoms with Crippen molar-refractivity contribution in [2.24, 2.45) is 0 Å². The number of rotatable bonds is 7. The van der Waals surface area contributed by atoms with E-state index in [-0.39, 0.29) is 11.3 Å². The molecule has 0 fully saturated rings. The molecule has 1 spiro atoms. The number of para-hydroxylation sites is 2. The Balaban J connectivity index is 0.886. The fraction of sp³-hybridized carbons (Fsp3) is 0.0959. The molecule has 12 aromatic rings. The van der Waals surface area contributed by atoms with E-state index in [1.54, 1.807) is 0 Å². The van der Waals surface area contributed by atoms with Crippen LogP contribution in [0.15, 0.2) is 253 Å². The van der Waals surface area contributed by atoms with E-state index in [1.807, 2.05) is 6.07 Å². The molecule has 76 heavy (non-hydrogen) atoms. The minimum Gasteiger partial charge on any atom is -0.455 e. The number of nitrogens with zero attached hydrogens (tertiary/aromatic N) is 1. The first-order valence-electron chi connectivity index (χ1n) is 26.7. The standard InChI is InChI=1S/C73H53NO2/c1-5-17-64-68(59-24-11-14-28-63(59)73(64)65-41-34-47-18-6-8-20-54(47)70(65)76-71-55-21-9-7-19-48(55)35-42-66(71)73)45(2)46-30-36-50(37-31-46)74(52-40-43-62-60(44-52)56-22-10-13-27-61(56)72(62,3)4)51-38-32-49(33-39-51)53-25-16-26-58-57-23-12-15-29-67(57)75-69(53)58/h5-45H,1-4H3/b17-5-. The Morgan fingerprint density at radius 2 is 0.987 bits per heavy atom. The molecule has 11 aromatic carbocycles. The van der Waals surface area contributed by atoms with Crippen LogP contribution in [0.5, 0.6) is 11.5 Å². The highest BCUT2D eigenvalue weighted by molar-refractivity contribution is 6.10. The van der Waals surface area contributed by atoms with Gasteiger partial charge in [0.25, 0.3) is 0 Å². The van der Waals surface area contributed by atoms with Crippen molar-refractivity contribution in [1.82, 2.24) is 0 Å². The van der Waals surface area contributed by atoms with Crippen LogP contribution in [0.4, 0.5) is 17.1 Å². The maximum atomic E-state index is 7.27. The van der Waals surface area contributed by atoms with Crippen LogP contribution < -0.4 is 9.64 Å². The number of benzene rings is 11. The number of ether oxygens (including phenoxy) is 1. The van der Waals surface area contributed by atoms with E-state index < -0.39 is 5.41 Å². The summed E-state index contributed by atoms with van der Waals surface area (Å²) in [5, 5.41) is 6.82. The second-order valence-corrected chi connectivity index (χ2v) is 21.4. The Hall–Kier alpha value is -9.18. The van der Waals surface area contributed by atoms with E-state index >= 15 is 0 Å². The van der Waals surface area contributed by atoms with Gasteiger partial charge < -0.3 is 14.1 Å². The van der Waals surface area contributed by atoms with Gasteiger partial charge in [-0.05, 0) is 116 Å². The highest BCUT2D eigenvalue weighted by Crippen LogP contribution is 2.65. The van der Waals surface area contributed by atoms with Crippen LogP contribution in [0, 0.1) is 0 Å². The normalized spacial score (nSPS) is 15.0. The van der Waals surface area contributed by atoms with Crippen molar-refractivity contribution in [2.45, 2.75) is 44.4 Å².